The number of carbonyl (C=O) groups is 2. The van der Waals surface area contributed by atoms with E-state index < -0.39 is 0 Å². The van der Waals surface area contributed by atoms with E-state index in [1.807, 2.05) is 51.1 Å². The number of anilines is 2. The first-order chi connectivity index (χ1) is 11.9. The number of hydrogen-bond donors (Lipinski definition) is 1. The van der Waals surface area contributed by atoms with Crippen LogP contribution in [0, 0.1) is 13.8 Å². The van der Waals surface area contributed by atoms with E-state index in [0.717, 1.165) is 16.8 Å². The number of nitrogens with one attached hydrogen (secondary N) is 1. The molecule has 2 aromatic rings. The number of amides is 2. The van der Waals surface area contributed by atoms with Gasteiger partial charge in [0.05, 0.1) is 12.3 Å². The smallest absolute Gasteiger partial charge is 0.244 e. The number of carbonyl (C=O) groups excluding carboxylic acids is 2. The van der Waals surface area contributed by atoms with Gasteiger partial charge in [0, 0.05) is 12.6 Å². The van der Waals surface area contributed by atoms with Crippen LogP contribution in [0.3, 0.4) is 0 Å². The monoisotopic (exact) mass is 340 g/mol. The normalized spacial score (nSPS) is 10.2. The molecule has 2 rings (SSSR count). The molecule has 0 aliphatic heterocycles. The van der Waals surface area contributed by atoms with E-state index in [4.69, 9.17) is 4.74 Å². The summed E-state index contributed by atoms with van der Waals surface area (Å²) in [5, 5.41) is 2.82. The van der Waals surface area contributed by atoms with Crippen LogP contribution < -0.4 is 15.0 Å². The van der Waals surface area contributed by atoms with Crippen molar-refractivity contribution in [1.82, 2.24) is 0 Å². The third-order valence-corrected chi connectivity index (χ3v) is 3.79. The van der Waals surface area contributed by atoms with Crippen LogP contribution in [-0.2, 0) is 9.59 Å². The number of ether oxygens (including phenoxy) is 1. The van der Waals surface area contributed by atoms with Crippen molar-refractivity contribution in [3.05, 3.63) is 53.6 Å². The van der Waals surface area contributed by atoms with Crippen LogP contribution >= 0.6 is 0 Å². The number of hydrogen-bond acceptors (Lipinski definition) is 3. The summed E-state index contributed by atoms with van der Waals surface area (Å²) >= 11 is 0. The average molecular weight is 340 g/mol. The van der Waals surface area contributed by atoms with Crippen LogP contribution in [-0.4, -0.2) is 25.0 Å². The number of nitrogens with zero attached hydrogens (tertiary/aromatic N) is 1. The van der Waals surface area contributed by atoms with Crippen LogP contribution in [0.5, 0.6) is 5.75 Å². The van der Waals surface area contributed by atoms with Crippen molar-refractivity contribution in [3.8, 4) is 5.75 Å². The molecule has 0 spiro atoms. The molecular weight excluding hydrogens is 316 g/mol. The van der Waals surface area contributed by atoms with Crippen LogP contribution in [0.15, 0.2) is 42.5 Å². The summed E-state index contributed by atoms with van der Waals surface area (Å²) in [6.45, 7) is 7.72. The number of benzene rings is 2. The van der Waals surface area contributed by atoms with Crippen molar-refractivity contribution in [2.24, 2.45) is 0 Å². The SMILES string of the molecule is CCOc1ccccc1NC(=O)CN(C(C)=O)c1ccc(C)cc1C. The van der Waals surface area contributed by atoms with Gasteiger partial charge in [0.1, 0.15) is 12.3 Å². The zero-order valence-corrected chi connectivity index (χ0v) is 15.1. The molecule has 0 heterocycles. The highest BCUT2D eigenvalue weighted by atomic mass is 16.5. The molecule has 0 aromatic heterocycles. The summed E-state index contributed by atoms with van der Waals surface area (Å²) in [6, 6.07) is 13.0. The van der Waals surface area contributed by atoms with Gasteiger partial charge in [-0.15, -0.1) is 0 Å². The molecule has 0 saturated carbocycles. The van der Waals surface area contributed by atoms with E-state index in [-0.39, 0.29) is 18.4 Å². The van der Waals surface area contributed by atoms with E-state index in [1.54, 1.807) is 12.1 Å². The fourth-order valence-electron chi connectivity index (χ4n) is 2.66. The van der Waals surface area contributed by atoms with Gasteiger partial charge in [-0.1, -0.05) is 29.8 Å². The van der Waals surface area contributed by atoms with E-state index in [2.05, 4.69) is 5.32 Å². The van der Waals surface area contributed by atoms with E-state index in [0.29, 0.717) is 18.0 Å². The van der Waals surface area contributed by atoms with Crippen molar-refractivity contribution < 1.29 is 14.3 Å². The van der Waals surface area contributed by atoms with Crippen molar-refractivity contribution in [3.63, 3.8) is 0 Å². The van der Waals surface area contributed by atoms with Gasteiger partial charge in [0.15, 0.2) is 0 Å². The van der Waals surface area contributed by atoms with Gasteiger partial charge in [-0.2, -0.15) is 0 Å². The molecule has 5 heteroatoms. The van der Waals surface area contributed by atoms with Gasteiger partial charge in [-0.3, -0.25) is 9.59 Å². The zero-order valence-electron chi connectivity index (χ0n) is 15.1. The maximum absolute atomic E-state index is 12.5. The average Bonchev–Trinajstić information content (AvgIpc) is 2.55. The molecule has 25 heavy (non-hydrogen) atoms. The second-order valence-corrected chi connectivity index (χ2v) is 5.87. The Labute approximate surface area is 148 Å². The summed E-state index contributed by atoms with van der Waals surface area (Å²) in [4.78, 5) is 26.0. The molecule has 2 aromatic carbocycles. The van der Waals surface area contributed by atoms with E-state index in [9.17, 15) is 9.59 Å². The molecule has 0 aliphatic rings. The highest BCUT2D eigenvalue weighted by Gasteiger charge is 2.18. The zero-order chi connectivity index (χ0) is 18.4. The summed E-state index contributed by atoms with van der Waals surface area (Å²) in [5.41, 5.74) is 3.40. The third-order valence-electron chi connectivity index (χ3n) is 3.79. The van der Waals surface area contributed by atoms with Gasteiger partial charge in [-0.25, -0.2) is 0 Å². The van der Waals surface area contributed by atoms with E-state index in [1.165, 1.54) is 11.8 Å². The predicted molar refractivity (Wildman–Crippen MR) is 100 cm³/mol. The Kier molecular flexibility index (Phi) is 6.17. The third kappa shape index (κ3) is 4.83. The molecule has 5 nitrogen and oxygen atoms in total. The minimum atomic E-state index is -0.276. The Balaban J connectivity index is 2.17. The van der Waals surface area contributed by atoms with Gasteiger partial charge in [-0.05, 0) is 44.5 Å². The second kappa shape index (κ2) is 8.33. The van der Waals surface area contributed by atoms with Crippen molar-refractivity contribution >= 4 is 23.2 Å². The summed E-state index contributed by atoms with van der Waals surface area (Å²) < 4.78 is 5.51. The van der Waals surface area contributed by atoms with Gasteiger partial charge >= 0.3 is 0 Å². The molecule has 1 N–H and O–H groups in total. The lowest BCUT2D eigenvalue weighted by molar-refractivity contribution is -0.120. The van der Waals surface area contributed by atoms with E-state index >= 15 is 0 Å². The highest BCUT2D eigenvalue weighted by molar-refractivity contribution is 6.02. The Morgan fingerprint density at radius 1 is 1.12 bits per heavy atom. The molecule has 2 amide bonds. The van der Waals surface area contributed by atoms with Crippen LogP contribution in [0.4, 0.5) is 11.4 Å². The highest BCUT2D eigenvalue weighted by Crippen LogP contribution is 2.25. The molecule has 0 bridgehead atoms. The standard InChI is InChI=1S/C20H24N2O3/c1-5-25-19-9-7-6-8-17(19)21-20(24)13-22(16(4)23)18-11-10-14(2)12-15(18)3/h6-12H,5,13H2,1-4H3,(H,21,24). The fraction of sp³-hybridized carbons (Fsp3) is 0.300. The van der Waals surface area contributed by atoms with Crippen molar-refractivity contribution in [1.29, 1.82) is 0 Å². The maximum Gasteiger partial charge on any atom is 0.244 e. The molecule has 0 radical (unpaired) electrons. The largest absolute Gasteiger partial charge is 0.492 e. The van der Waals surface area contributed by atoms with Crippen molar-refractivity contribution in [2.75, 3.05) is 23.4 Å². The molecule has 0 saturated heterocycles. The lowest BCUT2D eigenvalue weighted by Gasteiger charge is -2.23. The summed E-state index contributed by atoms with van der Waals surface area (Å²) in [7, 11) is 0. The summed E-state index contributed by atoms with van der Waals surface area (Å²) in [6.07, 6.45) is 0. The number of rotatable bonds is 6. The molecule has 0 atom stereocenters. The molecule has 0 aliphatic carbocycles. The Morgan fingerprint density at radius 2 is 1.84 bits per heavy atom. The minimum Gasteiger partial charge on any atom is -0.492 e. The predicted octanol–water partition coefficient (Wildman–Crippen LogP) is 3.69. The number of para-hydroxylation sites is 2. The Hall–Kier alpha value is -2.82. The van der Waals surface area contributed by atoms with Gasteiger partial charge in [0.2, 0.25) is 11.8 Å². The second-order valence-electron chi connectivity index (χ2n) is 5.87. The Bertz CT molecular complexity index is 771. The first-order valence-corrected chi connectivity index (χ1v) is 8.29. The quantitative estimate of drug-likeness (QED) is 0.872. The molecule has 0 fully saturated rings. The number of aryl methyl sites for hydroxylation is 2. The van der Waals surface area contributed by atoms with Crippen LogP contribution in [0.25, 0.3) is 0 Å². The van der Waals surface area contributed by atoms with Crippen LogP contribution in [0.1, 0.15) is 25.0 Å². The lowest BCUT2D eigenvalue weighted by Crippen LogP contribution is -2.37. The fourth-order valence-corrected chi connectivity index (χ4v) is 2.66. The molecular formula is C20H24N2O3. The molecule has 0 unspecified atom stereocenters. The first kappa shape index (κ1) is 18.5. The minimum absolute atomic E-state index is 0.0559. The lowest BCUT2D eigenvalue weighted by atomic mass is 10.1. The molecule has 132 valence electrons. The van der Waals surface area contributed by atoms with Crippen molar-refractivity contribution in [2.45, 2.75) is 27.7 Å². The van der Waals surface area contributed by atoms with Gasteiger partial charge < -0.3 is 15.0 Å². The first-order valence-electron chi connectivity index (χ1n) is 8.29. The topological polar surface area (TPSA) is 58.6 Å². The van der Waals surface area contributed by atoms with Gasteiger partial charge in [0.25, 0.3) is 0 Å². The Morgan fingerprint density at radius 3 is 2.48 bits per heavy atom. The summed E-state index contributed by atoms with van der Waals surface area (Å²) in [5.74, 6) is 0.154. The maximum atomic E-state index is 12.5. The van der Waals surface area contributed by atoms with Crippen LogP contribution in [0.2, 0.25) is 0 Å².